The number of hydrogen-bond donors (Lipinski definition) is 0. The predicted octanol–water partition coefficient (Wildman–Crippen LogP) is 12.4. The molecule has 0 aliphatic rings. The number of nitrogens with zero attached hydrogens (tertiary/aromatic N) is 4. The lowest BCUT2D eigenvalue weighted by molar-refractivity contribution is 1.18. The Balaban J connectivity index is 1.22. The molecule has 0 saturated heterocycles. The monoisotopic (exact) mass is 646 g/mol. The van der Waals surface area contributed by atoms with Gasteiger partial charge in [-0.2, -0.15) is 10.5 Å². The minimum Gasteiger partial charge on any atom is -0.309 e. The van der Waals surface area contributed by atoms with E-state index in [9.17, 15) is 10.5 Å². The Morgan fingerprint density at radius 2 is 0.922 bits per heavy atom. The topological polar surface area (TPSA) is 56.9 Å². The van der Waals surface area contributed by atoms with Gasteiger partial charge in [-0.3, -0.25) is 0 Å². The number of rotatable bonds is 4. The molecule has 0 N–H and O–H groups in total. The fourth-order valence-corrected chi connectivity index (χ4v) is 7.59. The Kier molecular flexibility index (Phi) is 6.93. The average molecular weight is 647 g/mol. The summed E-state index contributed by atoms with van der Waals surface area (Å²) in [5.74, 6) is 0. The van der Waals surface area contributed by atoms with Crippen molar-refractivity contribution in [2.75, 3.05) is 0 Å². The Hall–Kier alpha value is -7.45. The minimum atomic E-state index is 0.574. The van der Waals surface area contributed by atoms with Gasteiger partial charge in [0.2, 0.25) is 0 Å². The molecule has 4 heteroatoms. The molecule has 9 aromatic rings. The lowest BCUT2D eigenvalue weighted by atomic mass is 9.85. The second-order valence-corrected chi connectivity index (χ2v) is 12.7. The predicted molar refractivity (Wildman–Crippen MR) is 208 cm³/mol. The zero-order valence-corrected chi connectivity index (χ0v) is 27.3. The van der Waals surface area contributed by atoms with Crippen molar-refractivity contribution in [1.29, 1.82) is 10.5 Å². The van der Waals surface area contributed by atoms with Gasteiger partial charge in [-0.25, -0.2) is 4.85 Å². The molecule has 0 amide bonds. The van der Waals surface area contributed by atoms with Crippen LogP contribution in [-0.4, -0.2) is 4.57 Å². The summed E-state index contributed by atoms with van der Waals surface area (Å²) in [6.45, 7) is 8.06. The van der Waals surface area contributed by atoms with Gasteiger partial charge in [-0.1, -0.05) is 91.0 Å². The fourth-order valence-electron chi connectivity index (χ4n) is 7.59. The smallest absolute Gasteiger partial charge is 0.188 e. The van der Waals surface area contributed by atoms with E-state index < -0.39 is 0 Å². The minimum absolute atomic E-state index is 0.574. The molecule has 0 spiro atoms. The molecule has 4 nitrogen and oxygen atoms in total. The van der Waals surface area contributed by atoms with E-state index in [4.69, 9.17) is 6.57 Å². The Morgan fingerprint density at radius 1 is 0.431 bits per heavy atom. The SMILES string of the molecule is [C-]#[N+]c1cc(-c2ccc(-n3c4ccc(C#N)cc4c4cc(C#N)ccc43)cc2)cc(-c2c3ccccc3c(-c3ccccc3)c3ccccc23)c1. The van der Waals surface area contributed by atoms with Crippen molar-refractivity contribution in [2.24, 2.45) is 0 Å². The zero-order valence-electron chi connectivity index (χ0n) is 27.3. The summed E-state index contributed by atoms with van der Waals surface area (Å²) in [4.78, 5) is 3.92. The third-order valence-corrected chi connectivity index (χ3v) is 9.81. The molecule has 0 aliphatic carbocycles. The van der Waals surface area contributed by atoms with Crippen LogP contribution < -0.4 is 0 Å². The standard InChI is InChI=1S/C47H26N4/c1-50-36-26-34(32-17-19-37(20-18-32)51-44-21-15-30(28-48)23-42(44)43-24-31(29-49)16-22-45(43)51)25-35(27-36)47-40-13-7-5-11-38(40)46(33-9-3-2-4-10-33)39-12-6-8-14-41(39)47/h2-27H. The van der Waals surface area contributed by atoms with E-state index in [1.54, 1.807) is 0 Å². The molecule has 1 heterocycles. The van der Waals surface area contributed by atoms with Crippen molar-refractivity contribution in [3.8, 4) is 51.2 Å². The Morgan fingerprint density at radius 3 is 1.43 bits per heavy atom. The van der Waals surface area contributed by atoms with E-state index in [0.29, 0.717) is 16.8 Å². The van der Waals surface area contributed by atoms with E-state index in [1.165, 1.54) is 21.9 Å². The molecule has 1 aromatic heterocycles. The van der Waals surface area contributed by atoms with Crippen molar-refractivity contribution in [3.05, 3.63) is 180 Å². The van der Waals surface area contributed by atoms with Gasteiger partial charge in [0, 0.05) is 16.5 Å². The van der Waals surface area contributed by atoms with Crippen molar-refractivity contribution < 1.29 is 0 Å². The van der Waals surface area contributed by atoms with Gasteiger partial charge in [-0.15, -0.1) is 0 Å². The second kappa shape index (κ2) is 11.9. The average Bonchev–Trinajstić information content (AvgIpc) is 3.52. The molecule has 0 saturated carbocycles. The van der Waals surface area contributed by atoms with Gasteiger partial charge in [0.05, 0.1) is 40.9 Å². The van der Waals surface area contributed by atoms with Gasteiger partial charge < -0.3 is 4.57 Å². The second-order valence-electron chi connectivity index (χ2n) is 12.7. The lowest BCUT2D eigenvalue weighted by Crippen LogP contribution is -1.94. The molecule has 0 bridgehead atoms. The first-order valence-corrected chi connectivity index (χ1v) is 16.7. The maximum Gasteiger partial charge on any atom is 0.188 e. The molecule has 8 aromatic carbocycles. The van der Waals surface area contributed by atoms with Crippen LogP contribution in [-0.2, 0) is 0 Å². The largest absolute Gasteiger partial charge is 0.309 e. The van der Waals surface area contributed by atoms with E-state index in [1.807, 2.05) is 54.6 Å². The quantitative estimate of drug-likeness (QED) is 0.141. The molecule has 0 fully saturated rings. The van der Waals surface area contributed by atoms with Gasteiger partial charge in [0.25, 0.3) is 0 Å². The highest BCUT2D eigenvalue weighted by Crippen LogP contribution is 2.45. The molecule has 9 rings (SSSR count). The van der Waals surface area contributed by atoms with Crippen LogP contribution in [0, 0.1) is 29.2 Å². The van der Waals surface area contributed by atoms with Crippen LogP contribution in [0.25, 0.3) is 87.3 Å². The number of fused-ring (bicyclic) bond motifs is 5. The van der Waals surface area contributed by atoms with Crippen molar-refractivity contribution in [3.63, 3.8) is 0 Å². The summed E-state index contributed by atoms with van der Waals surface area (Å²) in [6.07, 6.45) is 0. The highest BCUT2D eigenvalue weighted by molar-refractivity contribution is 6.21. The first-order chi connectivity index (χ1) is 25.1. The molecule has 0 aliphatic heterocycles. The summed E-state index contributed by atoms with van der Waals surface area (Å²) in [5, 5.41) is 25.7. The van der Waals surface area contributed by atoms with Crippen LogP contribution in [0.5, 0.6) is 0 Å². The molecule has 0 unspecified atom stereocenters. The summed E-state index contributed by atoms with van der Waals surface area (Å²) in [6, 6.07) is 58.1. The molecular formula is C47H26N4. The highest BCUT2D eigenvalue weighted by atomic mass is 15.0. The van der Waals surface area contributed by atoms with Crippen LogP contribution in [0.15, 0.2) is 158 Å². The molecule has 0 radical (unpaired) electrons. The number of benzene rings is 8. The molecular weight excluding hydrogens is 621 g/mol. The van der Waals surface area contributed by atoms with Gasteiger partial charge in [0.1, 0.15) is 0 Å². The van der Waals surface area contributed by atoms with E-state index in [-0.39, 0.29) is 0 Å². The Labute approximate surface area is 294 Å². The van der Waals surface area contributed by atoms with Crippen LogP contribution in [0.4, 0.5) is 5.69 Å². The lowest BCUT2D eigenvalue weighted by Gasteiger charge is -2.18. The number of nitriles is 2. The van der Waals surface area contributed by atoms with Gasteiger partial charge in [0.15, 0.2) is 5.69 Å². The van der Waals surface area contributed by atoms with Crippen molar-refractivity contribution >= 4 is 49.0 Å². The summed E-state index contributed by atoms with van der Waals surface area (Å²) < 4.78 is 2.17. The van der Waals surface area contributed by atoms with Crippen molar-refractivity contribution in [2.45, 2.75) is 0 Å². The van der Waals surface area contributed by atoms with E-state index in [0.717, 1.165) is 60.5 Å². The maximum absolute atomic E-state index is 9.60. The summed E-state index contributed by atoms with van der Waals surface area (Å²) in [7, 11) is 0. The zero-order chi connectivity index (χ0) is 34.5. The third kappa shape index (κ3) is 4.81. The summed E-state index contributed by atoms with van der Waals surface area (Å²) >= 11 is 0. The van der Waals surface area contributed by atoms with Crippen LogP contribution in [0.1, 0.15) is 11.1 Å². The van der Waals surface area contributed by atoms with E-state index >= 15 is 0 Å². The van der Waals surface area contributed by atoms with E-state index in [2.05, 4.69) is 125 Å². The normalized spacial score (nSPS) is 11.1. The first kappa shape index (κ1) is 29.7. The number of hydrogen-bond acceptors (Lipinski definition) is 2. The van der Waals surface area contributed by atoms with Crippen LogP contribution in [0.3, 0.4) is 0 Å². The summed E-state index contributed by atoms with van der Waals surface area (Å²) in [5.41, 5.74) is 11.1. The highest BCUT2D eigenvalue weighted by Gasteiger charge is 2.18. The number of aromatic nitrogens is 1. The molecule has 51 heavy (non-hydrogen) atoms. The first-order valence-electron chi connectivity index (χ1n) is 16.7. The van der Waals surface area contributed by atoms with Crippen LogP contribution in [0.2, 0.25) is 0 Å². The fraction of sp³-hybridized carbons (Fsp3) is 0. The maximum atomic E-state index is 9.60. The molecule has 234 valence electrons. The van der Waals surface area contributed by atoms with Gasteiger partial charge in [-0.05, 0) is 122 Å². The Bertz CT molecular complexity index is 2860. The van der Waals surface area contributed by atoms with Crippen molar-refractivity contribution in [1.82, 2.24) is 4.57 Å². The third-order valence-electron chi connectivity index (χ3n) is 9.81. The van der Waals surface area contributed by atoms with Crippen LogP contribution >= 0.6 is 0 Å². The molecule has 0 atom stereocenters. The van der Waals surface area contributed by atoms with Gasteiger partial charge >= 0.3 is 0 Å².